The Kier molecular flexibility index (Phi) is 15.8. The molecule has 51 heavy (non-hydrogen) atoms. The summed E-state index contributed by atoms with van der Waals surface area (Å²) in [6, 6.07) is 14.9. The second-order valence-corrected chi connectivity index (χ2v) is 14.2. The van der Waals surface area contributed by atoms with Gasteiger partial charge in [-0.05, 0) is 78.4 Å². The lowest BCUT2D eigenvalue weighted by molar-refractivity contribution is -0.135. The van der Waals surface area contributed by atoms with Gasteiger partial charge in [0.15, 0.2) is 6.61 Å². The molecule has 0 bridgehead atoms. The number of allylic oxidation sites excluding steroid dienone is 1. The summed E-state index contributed by atoms with van der Waals surface area (Å²) in [6.07, 6.45) is 7.50. The number of aryl methyl sites for hydroxylation is 1. The van der Waals surface area contributed by atoms with Crippen molar-refractivity contribution in [3.63, 3.8) is 0 Å². The van der Waals surface area contributed by atoms with Crippen LogP contribution in [0, 0.1) is 12.8 Å². The van der Waals surface area contributed by atoms with E-state index in [2.05, 4.69) is 29.7 Å². The van der Waals surface area contributed by atoms with Gasteiger partial charge in [-0.1, -0.05) is 12.1 Å². The first-order chi connectivity index (χ1) is 24.4. The third-order valence-corrected chi connectivity index (χ3v) is 9.13. The Balaban J connectivity index is 0.000000397. The number of nitrogens with zero attached hydrogens (tertiary/aromatic N) is 5. The average Bonchev–Trinajstić information content (AvgIpc) is 3.90. The van der Waals surface area contributed by atoms with E-state index in [1.54, 1.807) is 82.1 Å². The number of benzene rings is 1. The first-order valence-corrected chi connectivity index (χ1v) is 17.8. The molecule has 14 heteroatoms. The third kappa shape index (κ3) is 12.0. The molecule has 4 amide bonds. The molecular weight excluding hydrogens is 691 g/mol. The van der Waals surface area contributed by atoms with Crippen molar-refractivity contribution in [1.29, 1.82) is 0 Å². The summed E-state index contributed by atoms with van der Waals surface area (Å²) in [7, 11) is 10.1. The molecule has 0 N–H and O–H groups in total. The van der Waals surface area contributed by atoms with Crippen molar-refractivity contribution in [2.24, 2.45) is 11.0 Å². The van der Waals surface area contributed by atoms with Gasteiger partial charge in [0.1, 0.15) is 11.3 Å². The van der Waals surface area contributed by atoms with Crippen LogP contribution in [0.2, 0.25) is 0 Å². The van der Waals surface area contributed by atoms with E-state index in [4.69, 9.17) is 14.3 Å². The Labute approximate surface area is 306 Å². The molecule has 2 atom stereocenters. The normalized spacial score (nSPS) is 16.5. The van der Waals surface area contributed by atoms with Gasteiger partial charge in [-0.15, -0.1) is 22.7 Å². The van der Waals surface area contributed by atoms with Crippen LogP contribution in [0.4, 0.5) is 0 Å². The molecule has 4 heterocycles. The standard InChI is InChI=1S/C28H24N2O4S2.3C3H7NO/c1-17-13-26(32)34-23-15-19(9-10-21(17)23)33-16-25(31)30-28(24-8-4-12-36-24)22-7-2-5-18(27(22)29-30)14-20-6-3-11-35-20;3*1-4(2)3-5/h3-4,6,8-15,22,28H,2,5,7,16H2,1H3;3*3H,1-2H3. The van der Waals surface area contributed by atoms with E-state index in [0.717, 1.165) is 60.0 Å². The van der Waals surface area contributed by atoms with E-state index < -0.39 is 5.63 Å². The summed E-state index contributed by atoms with van der Waals surface area (Å²) < 4.78 is 11.2. The van der Waals surface area contributed by atoms with Gasteiger partial charge in [-0.25, -0.2) is 9.80 Å². The van der Waals surface area contributed by atoms with Crippen LogP contribution in [0.25, 0.3) is 17.0 Å². The molecule has 2 aliphatic rings. The van der Waals surface area contributed by atoms with Gasteiger partial charge >= 0.3 is 5.63 Å². The molecular formula is C37H45N5O7S2. The third-order valence-electron chi connectivity index (χ3n) is 7.37. The fourth-order valence-electron chi connectivity index (χ4n) is 5.10. The van der Waals surface area contributed by atoms with Crippen molar-refractivity contribution in [1.82, 2.24) is 19.7 Å². The fraction of sp³-hybridized carbons (Fsp3) is 0.351. The zero-order valence-electron chi connectivity index (χ0n) is 30.0. The number of hydrogen-bond donors (Lipinski definition) is 0. The molecule has 1 saturated carbocycles. The second-order valence-electron chi connectivity index (χ2n) is 12.3. The molecule has 272 valence electrons. The van der Waals surface area contributed by atoms with E-state index in [9.17, 15) is 24.0 Å². The van der Waals surface area contributed by atoms with Crippen LogP contribution in [-0.4, -0.2) is 99.5 Å². The van der Waals surface area contributed by atoms with Gasteiger partial charge in [0.25, 0.3) is 5.91 Å². The maximum absolute atomic E-state index is 13.5. The minimum Gasteiger partial charge on any atom is -0.484 e. The summed E-state index contributed by atoms with van der Waals surface area (Å²) in [5, 5.41) is 11.5. The van der Waals surface area contributed by atoms with Crippen molar-refractivity contribution in [2.45, 2.75) is 32.2 Å². The number of fused-ring (bicyclic) bond motifs is 2. The summed E-state index contributed by atoms with van der Waals surface area (Å²) in [6.45, 7) is 1.71. The number of amides is 4. The van der Waals surface area contributed by atoms with Crippen LogP contribution >= 0.6 is 22.7 Å². The lowest BCUT2D eigenvalue weighted by atomic mass is 9.79. The first kappa shape index (κ1) is 40.4. The zero-order chi connectivity index (χ0) is 37.5. The van der Waals surface area contributed by atoms with Crippen LogP contribution in [0.5, 0.6) is 5.75 Å². The molecule has 1 fully saturated rings. The first-order valence-electron chi connectivity index (χ1n) is 16.1. The van der Waals surface area contributed by atoms with Crippen LogP contribution in [-0.2, 0) is 19.2 Å². The maximum atomic E-state index is 13.5. The van der Waals surface area contributed by atoms with Crippen molar-refractivity contribution in [2.75, 3.05) is 48.9 Å². The number of hydrogen-bond acceptors (Lipinski definition) is 10. The van der Waals surface area contributed by atoms with Crippen LogP contribution in [0.3, 0.4) is 0 Å². The van der Waals surface area contributed by atoms with E-state index in [-0.39, 0.29) is 24.5 Å². The molecule has 0 spiro atoms. The largest absolute Gasteiger partial charge is 0.484 e. The Morgan fingerprint density at radius 2 is 1.57 bits per heavy atom. The fourth-order valence-corrected chi connectivity index (χ4v) is 6.65. The molecule has 3 aromatic heterocycles. The molecule has 0 radical (unpaired) electrons. The average molecular weight is 736 g/mol. The van der Waals surface area contributed by atoms with Crippen molar-refractivity contribution in [3.05, 3.63) is 90.6 Å². The van der Waals surface area contributed by atoms with Gasteiger partial charge < -0.3 is 23.9 Å². The SMILES string of the molecule is CN(C)C=O.CN(C)C=O.CN(C)C=O.Cc1cc(=O)oc2cc(OCC(=O)N3N=C4C(=Cc5cccs5)CCCC4C3c3cccs3)ccc12. The van der Waals surface area contributed by atoms with Crippen molar-refractivity contribution < 1.29 is 28.3 Å². The van der Waals surface area contributed by atoms with E-state index in [0.29, 0.717) is 11.3 Å². The number of thiophene rings is 2. The van der Waals surface area contributed by atoms with Crippen LogP contribution < -0.4 is 10.4 Å². The lowest BCUT2D eigenvalue weighted by Gasteiger charge is -2.28. The second kappa shape index (κ2) is 19.9. The van der Waals surface area contributed by atoms with E-state index in [1.165, 1.54) is 31.2 Å². The topological polar surface area (TPSA) is 133 Å². The predicted octanol–water partition coefficient (Wildman–Crippen LogP) is 5.54. The number of carbonyl (C=O) groups excluding carboxylic acids is 4. The Hall–Kier alpha value is -5.08. The monoisotopic (exact) mass is 735 g/mol. The van der Waals surface area contributed by atoms with Crippen LogP contribution in [0.1, 0.15) is 40.6 Å². The minimum atomic E-state index is -0.408. The molecule has 1 aliphatic carbocycles. The van der Waals surface area contributed by atoms with Gasteiger partial charge in [0, 0.05) is 75.5 Å². The summed E-state index contributed by atoms with van der Waals surface area (Å²) in [5.41, 5.74) is 3.10. The molecule has 2 unspecified atom stereocenters. The van der Waals surface area contributed by atoms with Gasteiger partial charge in [0.05, 0.1) is 11.8 Å². The molecule has 12 nitrogen and oxygen atoms in total. The number of carbonyl (C=O) groups is 4. The highest BCUT2D eigenvalue weighted by atomic mass is 32.1. The van der Waals surface area contributed by atoms with Crippen LogP contribution in [0.15, 0.2) is 79.2 Å². The van der Waals surface area contributed by atoms with Crippen molar-refractivity contribution in [3.8, 4) is 5.75 Å². The highest BCUT2D eigenvalue weighted by Crippen LogP contribution is 2.45. The summed E-state index contributed by atoms with van der Waals surface area (Å²) >= 11 is 3.36. The Morgan fingerprint density at radius 1 is 0.941 bits per heavy atom. The van der Waals surface area contributed by atoms with E-state index >= 15 is 0 Å². The number of hydrazone groups is 1. The smallest absolute Gasteiger partial charge is 0.336 e. The van der Waals surface area contributed by atoms with Gasteiger partial charge in [0.2, 0.25) is 19.2 Å². The number of ether oxygens (including phenoxy) is 1. The summed E-state index contributed by atoms with van der Waals surface area (Å²) in [5.74, 6) is 0.446. The zero-order valence-corrected chi connectivity index (χ0v) is 31.6. The lowest BCUT2D eigenvalue weighted by Crippen LogP contribution is -2.34. The molecule has 6 rings (SSSR count). The van der Waals surface area contributed by atoms with Crippen molar-refractivity contribution >= 4 is 70.6 Å². The highest BCUT2D eigenvalue weighted by Gasteiger charge is 2.44. The number of rotatable bonds is 8. The molecule has 4 aromatic rings. The predicted molar refractivity (Wildman–Crippen MR) is 203 cm³/mol. The van der Waals surface area contributed by atoms with E-state index in [1.807, 2.05) is 24.4 Å². The van der Waals surface area contributed by atoms with Gasteiger partial charge in [-0.2, -0.15) is 5.10 Å². The quantitative estimate of drug-likeness (QED) is 0.172. The Bertz CT molecular complexity index is 1820. The molecule has 1 aliphatic heterocycles. The molecule has 1 aromatic carbocycles. The minimum absolute atomic E-state index is 0.125. The Morgan fingerprint density at radius 3 is 2.14 bits per heavy atom. The maximum Gasteiger partial charge on any atom is 0.336 e. The summed E-state index contributed by atoms with van der Waals surface area (Å²) in [4.78, 5) is 60.2. The highest BCUT2D eigenvalue weighted by molar-refractivity contribution is 7.11. The molecule has 0 saturated heterocycles. The van der Waals surface area contributed by atoms with Gasteiger partial charge in [-0.3, -0.25) is 19.2 Å².